The van der Waals surface area contributed by atoms with Crippen molar-refractivity contribution in [3.8, 4) is 0 Å². The molecule has 0 saturated carbocycles. The van der Waals surface area contributed by atoms with E-state index in [0.717, 1.165) is 50.3 Å². The molecular formula is C26H34N8O2. The Morgan fingerprint density at radius 3 is 2.58 bits per heavy atom. The number of fused-ring (bicyclic) bond motifs is 1. The van der Waals surface area contributed by atoms with Gasteiger partial charge in [-0.3, -0.25) is 9.69 Å². The van der Waals surface area contributed by atoms with Gasteiger partial charge in [0, 0.05) is 69.5 Å². The Kier molecular flexibility index (Phi) is 6.77. The molecule has 3 aliphatic heterocycles. The molecule has 0 spiro atoms. The summed E-state index contributed by atoms with van der Waals surface area (Å²) in [6.07, 6.45) is 4.84. The van der Waals surface area contributed by atoms with E-state index in [-0.39, 0.29) is 18.0 Å². The van der Waals surface area contributed by atoms with Crippen molar-refractivity contribution in [2.75, 3.05) is 68.5 Å². The van der Waals surface area contributed by atoms with E-state index in [1.807, 2.05) is 17.0 Å². The van der Waals surface area contributed by atoms with Crippen molar-refractivity contribution >= 4 is 35.1 Å². The van der Waals surface area contributed by atoms with E-state index in [4.69, 9.17) is 0 Å². The van der Waals surface area contributed by atoms with Gasteiger partial charge in [0.1, 0.15) is 5.82 Å². The van der Waals surface area contributed by atoms with Crippen LogP contribution in [0.3, 0.4) is 0 Å². The molecule has 10 heteroatoms. The van der Waals surface area contributed by atoms with Crippen LogP contribution in [0.5, 0.6) is 0 Å². The quantitative estimate of drug-likeness (QED) is 0.645. The van der Waals surface area contributed by atoms with E-state index in [9.17, 15) is 9.59 Å². The van der Waals surface area contributed by atoms with Gasteiger partial charge >= 0.3 is 6.03 Å². The maximum absolute atomic E-state index is 13.3. The van der Waals surface area contributed by atoms with Crippen molar-refractivity contribution in [1.29, 1.82) is 0 Å². The van der Waals surface area contributed by atoms with Gasteiger partial charge < -0.3 is 24.9 Å². The monoisotopic (exact) mass is 490 g/mol. The zero-order valence-corrected chi connectivity index (χ0v) is 21.1. The molecule has 36 heavy (non-hydrogen) atoms. The molecule has 0 aliphatic carbocycles. The smallest absolute Gasteiger partial charge is 0.326 e. The molecule has 1 unspecified atom stereocenters. The van der Waals surface area contributed by atoms with Crippen LogP contribution in [0.4, 0.5) is 27.9 Å². The van der Waals surface area contributed by atoms with Crippen LogP contribution in [0.25, 0.3) is 0 Å². The van der Waals surface area contributed by atoms with Gasteiger partial charge in [-0.25, -0.2) is 9.78 Å². The van der Waals surface area contributed by atoms with E-state index < -0.39 is 0 Å². The van der Waals surface area contributed by atoms with E-state index in [1.165, 1.54) is 11.8 Å². The van der Waals surface area contributed by atoms with Crippen molar-refractivity contribution in [3.05, 3.63) is 48.7 Å². The Balaban J connectivity index is 1.27. The van der Waals surface area contributed by atoms with Gasteiger partial charge in [0.25, 0.3) is 0 Å². The van der Waals surface area contributed by atoms with Crippen molar-refractivity contribution in [1.82, 2.24) is 24.7 Å². The number of carbonyl (C=O) groups excluding carboxylic acids is 2. The van der Waals surface area contributed by atoms with Crippen LogP contribution in [0.15, 0.2) is 43.1 Å². The van der Waals surface area contributed by atoms with E-state index in [0.29, 0.717) is 31.4 Å². The zero-order chi connectivity index (χ0) is 25.2. The predicted molar refractivity (Wildman–Crippen MR) is 141 cm³/mol. The first-order chi connectivity index (χ1) is 17.4. The second-order valence-electron chi connectivity index (χ2n) is 9.76. The van der Waals surface area contributed by atoms with Crippen molar-refractivity contribution in [2.24, 2.45) is 0 Å². The number of anilines is 4. The van der Waals surface area contributed by atoms with Crippen LogP contribution in [0.2, 0.25) is 0 Å². The molecule has 1 N–H and O–H groups in total. The number of urea groups is 1. The van der Waals surface area contributed by atoms with E-state index in [2.05, 4.69) is 50.8 Å². The summed E-state index contributed by atoms with van der Waals surface area (Å²) in [7, 11) is 3.89. The van der Waals surface area contributed by atoms with Gasteiger partial charge in [-0.05, 0) is 50.2 Å². The third-order valence-electron chi connectivity index (χ3n) is 7.35. The molecule has 0 bridgehead atoms. The van der Waals surface area contributed by atoms with Gasteiger partial charge in [-0.15, -0.1) is 0 Å². The Morgan fingerprint density at radius 1 is 1.11 bits per heavy atom. The van der Waals surface area contributed by atoms with Crippen LogP contribution in [0, 0.1) is 0 Å². The normalized spacial score (nSPS) is 20.8. The number of benzene rings is 1. The highest BCUT2D eigenvalue weighted by Crippen LogP contribution is 2.30. The van der Waals surface area contributed by atoms with Gasteiger partial charge in [0.2, 0.25) is 11.9 Å². The Morgan fingerprint density at radius 2 is 1.86 bits per heavy atom. The van der Waals surface area contributed by atoms with Crippen LogP contribution in [-0.2, 0) is 11.3 Å². The highest BCUT2D eigenvalue weighted by atomic mass is 16.2. The summed E-state index contributed by atoms with van der Waals surface area (Å²) in [5.41, 5.74) is 3.00. The highest BCUT2D eigenvalue weighted by molar-refractivity contribution is 5.93. The molecule has 10 nitrogen and oxygen atoms in total. The molecule has 3 amide bonds. The summed E-state index contributed by atoms with van der Waals surface area (Å²) in [6, 6.07) is 8.15. The van der Waals surface area contributed by atoms with E-state index >= 15 is 0 Å². The number of nitrogens with zero attached hydrogens (tertiary/aromatic N) is 7. The number of likely N-dealkylation sites (tertiary alicyclic amines) is 1. The molecule has 1 atom stereocenters. The Labute approximate surface area is 212 Å². The van der Waals surface area contributed by atoms with Gasteiger partial charge in [-0.2, -0.15) is 4.98 Å². The maximum Gasteiger partial charge on any atom is 0.326 e. The number of rotatable bonds is 5. The summed E-state index contributed by atoms with van der Waals surface area (Å²) >= 11 is 0. The average Bonchev–Trinajstić information content (AvgIpc) is 2.91. The van der Waals surface area contributed by atoms with Crippen molar-refractivity contribution in [3.63, 3.8) is 0 Å². The molecule has 5 rings (SSSR count). The fourth-order valence-electron chi connectivity index (χ4n) is 5.17. The largest absolute Gasteiger partial charge is 0.369 e. The lowest BCUT2D eigenvalue weighted by Gasteiger charge is -2.42. The molecule has 1 aromatic heterocycles. The summed E-state index contributed by atoms with van der Waals surface area (Å²) in [6.45, 7) is 9.42. The number of hydrogen-bond acceptors (Lipinski definition) is 7. The fourth-order valence-corrected chi connectivity index (χ4v) is 5.17. The number of amides is 3. The second kappa shape index (κ2) is 10.1. The fraction of sp³-hybridized carbons (Fsp3) is 0.462. The SMILES string of the molecule is C=CC(=O)N1CCCC(N2Cc3cnc(Nc4ccc(N5CCN(C)CC5)cc4)nc3N(C)C2=O)C1. The maximum atomic E-state index is 13.3. The second-order valence-corrected chi connectivity index (χ2v) is 9.76. The van der Waals surface area contributed by atoms with Crippen molar-refractivity contribution < 1.29 is 9.59 Å². The summed E-state index contributed by atoms with van der Waals surface area (Å²) in [4.78, 5) is 44.4. The number of carbonyl (C=O) groups is 2. The zero-order valence-electron chi connectivity index (χ0n) is 21.1. The van der Waals surface area contributed by atoms with Gasteiger partial charge in [0.05, 0.1) is 12.6 Å². The first kappa shape index (κ1) is 24.1. The molecule has 2 fully saturated rings. The first-order valence-corrected chi connectivity index (χ1v) is 12.5. The molecule has 2 aromatic rings. The van der Waals surface area contributed by atoms with Crippen LogP contribution in [0.1, 0.15) is 18.4 Å². The lowest BCUT2D eigenvalue weighted by atomic mass is 10.0. The van der Waals surface area contributed by atoms with Gasteiger partial charge in [0.15, 0.2) is 0 Å². The minimum atomic E-state index is -0.110. The van der Waals surface area contributed by atoms with Crippen molar-refractivity contribution in [2.45, 2.75) is 25.4 Å². The number of likely N-dealkylation sites (N-methyl/N-ethyl adjacent to an activating group) is 1. The average molecular weight is 491 g/mol. The number of piperidine rings is 1. The Hall–Kier alpha value is -3.66. The third kappa shape index (κ3) is 4.86. The van der Waals surface area contributed by atoms with Gasteiger partial charge in [-0.1, -0.05) is 6.58 Å². The third-order valence-corrected chi connectivity index (χ3v) is 7.35. The molecule has 4 heterocycles. The molecule has 2 saturated heterocycles. The van der Waals surface area contributed by atoms with Crippen LogP contribution < -0.4 is 15.1 Å². The molecular weight excluding hydrogens is 456 g/mol. The van der Waals surface area contributed by atoms with Crippen LogP contribution >= 0.6 is 0 Å². The minimum Gasteiger partial charge on any atom is -0.369 e. The standard InChI is InChI=1S/C26H34N8O2/c1-4-23(35)33-11-5-6-22(18-33)34-17-19-16-27-25(29-24(19)31(3)26(34)36)28-20-7-9-21(10-8-20)32-14-12-30(2)13-15-32/h4,7-10,16,22H,1,5-6,11-15,17-18H2,2-3H3,(H,27,28,29). The highest BCUT2D eigenvalue weighted by Gasteiger charge is 2.36. The Bertz CT molecular complexity index is 1130. The number of aromatic nitrogens is 2. The summed E-state index contributed by atoms with van der Waals surface area (Å²) in [5, 5.41) is 3.27. The topological polar surface area (TPSA) is 88.2 Å². The predicted octanol–water partition coefficient (Wildman–Crippen LogP) is 2.52. The molecule has 190 valence electrons. The molecule has 3 aliphatic rings. The molecule has 1 aromatic carbocycles. The minimum absolute atomic E-state index is 0.0395. The lowest BCUT2D eigenvalue weighted by molar-refractivity contribution is -0.127. The summed E-state index contributed by atoms with van der Waals surface area (Å²) in [5.74, 6) is 0.973. The molecule has 0 radical (unpaired) electrons. The van der Waals surface area contributed by atoms with E-state index in [1.54, 1.807) is 23.0 Å². The lowest BCUT2D eigenvalue weighted by Crippen LogP contribution is -2.56. The number of hydrogen-bond donors (Lipinski definition) is 1. The van der Waals surface area contributed by atoms with Crippen LogP contribution in [-0.4, -0.2) is 96.0 Å². The number of nitrogens with one attached hydrogen (secondary N) is 1. The number of piperazine rings is 1. The summed E-state index contributed by atoms with van der Waals surface area (Å²) < 4.78 is 0. The first-order valence-electron chi connectivity index (χ1n) is 12.5.